The van der Waals surface area contributed by atoms with Crippen LogP contribution in [0.4, 0.5) is 0 Å². The Kier molecular flexibility index (Phi) is 4.10. The molecule has 1 aliphatic heterocycles. The van der Waals surface area contributed by atoms with Gasteiger partial charge in [-0.1, -0.05) is 6.07 Å². The lowest BCUT2D eigenvalue weighted by Gasteiger charge is -2.25. The molecule has 0 spiro atoms. The Labute approximate surface area is 124 Å². The van der Waals surface area contributed by atoms with Crippen molar-refractivity contribution in [2.24, 2.45) is 5.73 Å². The quantitative estimate of drug-likeness (QED) is 0.931. The van der Waals surface area contributed by atoms with Gasteiger partial charge in [0.15, 0.2) is 0 Å². The van der Waals surface area contributed by atoms with Gasteiger partial charge in [-0.15, -0.1) is 0 Å². The molecule has 2 heterocycles. The molecule has 1 fully saturated rings. The zero-order valence-electron chi connectivity index (χ0n) is 12.0. The van der Waals surface area contributed by atoms with Crippen LogP contribution in [-0.2, 0) is 0 Å². The lowest BCUT2D eigenvalue weighted by atomic mass is 10.1. The van der Waals surface area contributed by atoms with E-state index in [4.69, 9.17) is 5.73 Å². The molecule has 1 aliphatic rings. The highest BCUT2D eigenvalue weighted by Gasteiger charge is 2.29. The van der Waals surface area contributed by atoms with Crippen molar-refractivity contribution in [1.29, 1.82) is 0 Å². The zero-order valence-corrected chi connectivity index (χ0v) is 12.0. The Morgan fingerprint density at radius 2 is 2.19 bits per heavy atom. The largest absolute Gasteiger partial charge is 0.336 e. The number of aromatic nitrogens is 2. The molecule has 0 saturated carbocycles. The van der Waals surface area contributed by atoms with E-state index in [1.54, 1.807) is 12.4 Å². The highest BCUT2D eigenvalue weighted by atomic mass is 16.2. The second kappa shape index (κ2) is 6.18. The minimum Gasteiger partial charge on any atom is -0.336 e. The molecular weight excluding hydrogens is 264 g/mol. The van der Waals surface area contributed by atoms with E-state index in [0.717, 1.165) is 37.7 Å². The molecule has 2 aromatic rings. The smallest absolute Gasteiger partial charge is 0.256 e. The van der Waals surface area contributed by atoms with Gasteiger partial charge in [-0.3, -0.25) is 14.8 Å². The van der Waals surface area contributed by atoms with Crippen molar-refractivity contribution in [1.82, 2.24) is 14.9 Å². The maximum absolute atomic E-state index is 12.9. The SMILES string of the molecule is NCCCC1CCCN1C(=O)c1cccc2nccnc12. The molecule has 1 atom stereocenters. The number of hydrogen-bond donors (Lipinski definition) is 1. The summed E-state index contributed by atoms with van der Waals surface area (Å²) in [6.07, 6.45) is 7.37. The van der Waals surface area contributed by atoms with Crippen molar-refractivity contribution < 1.29 is 4.79 Å². The average molecular weight is 284 g/mol. The lowest BCUT2D eigenvalue weighted by Crippen LogP contribution is -2.36. The lowest BCUT2D eigenvalue weighted by molar-refractivity contribution is 0.0731. The van der Waals surface area contributed by atoms with Crippen LogP contribution < -0.4 is 5.73 Å². The summed E-state index contributed by atoms with van der Waals surface area (Å²) in [7, 11) is 0. The number of fused-ring (bicyclic) bond motifs is 1. The van der Waals surface area contributed by atoms with Gasteiger partial charge in [-0.2, -0.15) is 0 Å². The number of benzene rings is 1. The van der Waals surface area contributed by atoms with Crippen LogP contribution >= 0.6 is 0 Å². The van der Waals surface area contributed by atoms with Crippen molar-refractivity contribution in [2.45, 2.75) is 31.7 Å². The summed E-state index contributed by atoms with van der Waals surface area (Å²) < 4.78 is 0. The molecule has 1 unspecified atom stereocenters. The van der Waals surface area contributed by atoms with Gasteiger partial charge < -0.3 is 10.6 Å². The predicted molar refractivity (Wildman–Crippen MR) is 81.9 cm³/mol. The summed E-state index contributed by atoms with van der Waals surface area (Å²) in [5.74, 6) is 0.0700. The number of nitrogens with zero attached hydrogens (tertiary/aromatic N) is 3. The fourth-order valence-electron chi connectivity index (χ4n) is 3.08. The molecule has 5 nitrogen and oxygen atoms in total. The van der Waals surface area contributed by atoms with Crippen LogP contribution in [-0.4, -0.2) is 39.9 Å². The minimum absolute atomic E-state index is 0.0700. The summed E-state index contributed by atoms with van der Waals surface area (Å²) in [5.41, 5.74) is 7.70. The number of carbonyl (C=O) groups excluding carboxylic acids is 1. The average Bonchev–Trinajstić information content (AvgIpc) is 3.00. The fourth-order valence-corrected chi connectivity index (χ4v) is 3.08. The van der Waals surface area contributed by atoms with Crippen molar-refractivity contribution >= 4 is 16.9 Å². The maximum Gasteiger partial charge on any atom is 0.256 e. The standard InChI is InChI=1S/C16H20N4O/c17-8-2-4-12-5-3-11-20(12)16(21)13-6-1-7-14-15(13)19-10-9-18-14/h1,6-7,9-10,12H,2-5,8,11,17H2. The third kappa shape index (κ3) is 2.74. The third-order valence-corrected chi connectivity index (χ3v) is 4.11. The molecule has 0 radical (unpaired) electrons. The van der Waals surface area contributed by atoms with E-state index in [2.05, 4.69) is 9.97 Å². The van der Waals surface area contributed by atoms with E-state index in [1.807, 2.05) is 23.1 Å². The Morgan fingerprint density at radius 1 is 1.33 bits per heavy atom. The number of likely N-dealkylation sites (tertiary alicyclic amines) is 1. The highest BCUT2D eigenvalue weighted by molar-refractivity contribution is 6.04. The van der Waals surface area contributed by atoms with E-state index < -0.39 is 0 Å². The van der Waals surface area contributed by atoms with Crippen LogP contribution in [0.3, 0.4) is 0 Å². The van der Waals surface area contributed by atoms with Crippen LogP contribution in [0.15, 0.2) is 30.6 Å². The predicted octanol–water partition coefficient (Wildman–Crippen LogP) is 1.97. The molecule has 110 valence electrons. The van der Waals surface area contributed by atoms with E-state index >= 15 is 0 Å². The number of hydrogen-bond acceptors (Lipinski definition) is 4. The zero-order chi connectivity index (χ0) is 14.7. The fraction of sp³-hybridized carbons (Fsp3) is 0.438. The first-order chi connectivity index (χ1) is 10.3. The second-order valence-corrected chi connectivity index (χ2v) is 5.46. The van der Waals surface area contributed by atoms with Crippen LogP contribution in [0.1, 0.15) is 36.0 Å². The topological polar surface area (TPSA) is 72.1 Å². The number of para-hydroxylation sites is 1. The molecule has 5 heteroatoms. The molecule has 3 rings (SSSR count). The number of carbonyl (C=O) groups is 1. The van der Waals surface area contributed by atoms with E-state index in [9.17, 15) is 4.79 Å². The van der Waals surface area contributed by atoms with Crippen LogP contribution in [0, 0.1) is 0 Å². The van der Waals surface area contributed by atoms with Crippen molar-refractivity contribution in [3.8, 4) is 0 Å². The van der Waals surface area contributed by atoms with Gasteiger partial charge in [0.1, 0.15) is 5.52 Å². The highest BCUT2D eigenvalue weighted by Crippen LogP contribution is 2.25. The van der Waals surface area contributed by atoms with Gasteiger partial charge >= 0.3 is 0 Å². The monoisotopic (exact) mass is 284 g/mol. The van der Waals surface area contributed by atoms with Gasteiger partial charge in [0, 0.05) is 25.0 Å². The molecular formula is C16H20N4O. The second-order valence-electron chi connectivity index (χ2n) is 5.46. The molecule has 0 bridgehead atoms. The summed E-state index contributed by atoms with van der Waals surface area (Å²) in [6.45, 7) is 1.50. The van der Waals surface area contributed by atoms with Crippen molar-refractivity contribution in [3.63, 3.8) is 0 Å². The molecule has 21 heavy (non-hydrogen) atoms. The van der Waals surface area contributed by atoms with Crippen LogP contribution in [0.25, 0.3) is 11.0 Å². The van der Waals surface area contributed by atoms with Gasteiger partial charge in [0.25, 0.3) is 5.91 Å². The summed E-state index contributed by atoms with van der Waals surface area (Å²) in [5, 5.41) is 0. The Hall–Kier alpha value is -2.01. The first-order valence-corrected chi connectivity index (χ1v) is 7.52. The number of rotatable bonds is 4. The van der Waals surface area contributed by atoms with E-state index in [1.165, 1.54) is 0 Å². The van der Waals surface area contributed by atoms with Gasteiger partial charge in [-0.25, -0.2) is 0 Å². The van der Waals surface area contributed by atoms with Crippen molar-refractivity contribution in [3.05, 3.63) is 36.2 Å². The Bertz CT molecular complexity index is 638. The number of nitrogens with two attached hydrogens (primary N) is 1. The summed E-state index contributed by atoms with van der Waals surface area (Å²) in [4.78, 5) is 23.4. The Balaban J connectivity index is 1.89. The van der Waals surface area contributed by atoms with Crippen LogP contribution in [0.5, 0.6) is 0 Å². The third-order valence-electron chi connectivity index (χ3n) is 4.11. The molecule has 1 aromatic carbocycles. The normalized spacial score (nSPS) is 18.3. The van der Waals surface area contributed by atoms with E-state index in [-0.39, 0.29) is 5.91 Å². The Morgan fingerprint density at radius 3 is 3.05 bits per heavy atom. The molecule has 0 aliphatic carbocycles. The van der Waals surface area contributed by atoms with Crippen LogP contribution in [0.2, 0.25) is 0 Å². The van der Waals surface area contributed by atoms with Gasteiger partial charge in [-0.05, 0) is 44.4 Å². The maximum atomic E-state index is 12.9. The number of amides is 1. The van der Waals surface area contributed by atoms with Crippen molar-refractivity contribution in [2.75, 3.05) is 13.1 Å². The van der Waals surface area contributed by atoms with Gasteiger partial charge in [0.05, 0.1) is 11.1 Å². The molecule has 1 amide bonds. The van der Waals surface area contributed by atoms with Gasteiger partial charge in [0.2, 0.25) is 0 Å². The summed E-state index contributed by atoms with van der Waals surface area (Å²) >= 11 is 0. The van der Waals surface area contributed by atoms with E-state index in [0.29, 0.717) is 23.7 Å². The molecule has 1 saturated heterocycles. The first-order valence-electron chi connectivity index (χ1n) is 7.52. The minimum atomic E-state index is 0.0700. The first kappa shape index (κ1) is 13.9. The summed E-state index contributed by atoms with van der Waals surface area (Å²) in [6, 6.07) is 5.91. The molecule has 1 aromatic heterocycles. The molecule has 2 N–H and O–H groups in total.